The molecule has 0 unspecified atom stereocenters. The maximum atomic E-state index is 13.9. The normalized spacial score (nSPS) is 14.6. The van der Waals surface area contributed by atoms with Gasteiger partial charge in [0, 0.05) is 29.3 Å². The van der Waals surface area contributed by atoms with E-state index in [1.807, 2.05) is 48.5 Å². The molecule has 4 aromatic rings. The van der Waals surface area contributed by atoms with Crippen LogP contribution in [0.3, 0.4) is 0 Å². The smallest absolute Gasteiger partial charge is 0.323 e. The van der Waals surface area contributed by atoms with E-state index in [4.69, 9.17) is 28.2 Å². The predicted molar refractivity (Wildman–Crippen MR) is 170 cm³/mol. The van der Waals surface area contributed by atoms with Gasteiger partial charge in [-0.25, -0.2) is 9.97 Å². The molecule has 7 nitrogen and oxygen atoms in total. The van der Waals surface area contributed by atoms with Crippen LogP contribution in [0, 0.1) is 6.92 Å². The van der Waals surface area contributed by atoms with Crippen LogP contribution in [0.1, 0.15) is 57.2 Å². The highest BCUT2D eigenvalue weighted by molar-refractivity contribution is 6.30. The van der Waals surface area contributed by atoms with E-state index in [-0.39, 0.29) is 12.6 Å². The minimum absolute atomic E-state index is 0.103. The Kier molecular flexibility index (Phi) is 9.95. The van der Waals surface area contributed by atoms with Gasteiger partial charge in [-0.05, 0) is 85.5 Å². The number of hydrogen-bond acceptors (Lipinski definition) is 5. The molecular formula is C34H34Cl2N4O3. The zero-order valence-electron chi connectivity index (χ0n) is 24.0. The molecule has 1 fully saturated rings. The average molecular weight is 618 g/mol. The van der Waals surface area contributed by atoms with Gasteiger partial charge in [-0.2, -0.15) is 0 Å². The molecule has 1 saturated heterocycles. The average Bonchev–Trinajstić information content (AvgIpc) is 3.49. The highest BCUT2D eigenvalue weighted by Gasteiger charge is 2.30. The zero-order valence-corrected chi connectivity index (χ0v) is 25.6. The van der Waals surface area contributed by atoms with E-state index in [0.29, 0.717) is 46.5 Å². The molecule has 3 aromatic carbocycles. The third-order valence-corrected chi connectivity index (χ3v) is 8.44. The molecule has 0 aliphatic carbocycles. The van der Waals surface area contributed by atoms with Gasteiger partial charge in [-0.15, -0.1) is 0 Å². The first-order valence-electron chi connectivity index (χ1n) is 14.5. The number of hydrogen-bond donors (Lipinski definition) is 1. The van der Waals surface area contributed by atoms with Crippen LogP contribution in [-0.4, -0.2) is 51.5 Å². The number of carboxylic acids is 1. The van der Waals surface area contributed by atoms with E-state index in [0.717, 1.165) is 30.5 Å². The third-order valence-electron chi connectivity index (χ3n) is 7.94. The second-order valence-corrected chi connectivity index (χ2v) is 11.7. The predicted octanol–water partition coefficient (Wildman–Crippen LogP) is 6.99. The van der Waals surface area contributed by atoms with Crippen LogP contribution >= 0.6 is 23.2 Å². The zero-order chi connectivity index (χ0) is 30.3. The summed E-state index contributed by atoms with van der Waals surface area (Å²) in [6.07, 6.45) is 5.22. The summed E-state index contributed by atoms with van der Waals surface area (Å²) < 4.78 is 0. The lowest BCUT2D eigenvalue weighted by molar-refractivity contribution is -0.137. The first-order chi connectivity index (χ1) is 20.8. The molecule has 1 N–H and O–H groups in total. The minimum atomic E-state index is -1.08. The summed E-state index contributed by atoms with van der Waals surface area (Å²) in [7, 11) is 0. The molecule has 1 aromatic heterocycles. The van der Waals surface area contributed by atoms with Crippen molar-refractivity contribution in [3.63, 3.8) is 0 Å². The second kappa shape index (κ2) is 14.0. The summed E-state index contributed by atoms with van der Waals surface area (Å²) in [5.41, 5.74) is 5.39. The summed E-state index contributed by atoms with van der Waals surface area (Å²) in [6, 6.07) is 23.4. The lowest BCUT2D eigenvalue weighted by Gasteiger charge is -2.27. The number of aromatic nitrogens is 2. The van der Waals surface area contributed by atoms with Gasteiger partial charge < -0.3 is 14.9 Å². The van der Waals surface area contributed by atoms with Crippen LogP contribution in [0.15, 0.2) is 79.0 Å². The molecule has 222 valence electrons. The highest BCUT2D eigenvalue weighted by atomic mass is 35.5. The van der Waals surface area contributed by atoms with Gasteiger partial charge in [0.05, 0.1) is 17.3 Å². The molecule has 43 heavy (non-hydrogen) atoms. The van der Waals surface area contributed by atoms with Crippen molar-refractivity contribution in [1.29, 1.82) is 0 Å². The van der Waals surface area contributed by atoms with Crippen molar-refractivity contribution >= 4 is 41.0 Å². The van der Waals surface area contributed by atoms with Gasteiger partial charge in [0.1, 0.15) is 6.54 Å². The molecule has 2 heterocycles. The molecule has 0 saturated carbocycles. The Labute approximate surface area is 262 Å². The van der Waals surface area contributed by atoms with E-state index in [1.54, 1.807) is 18.3 Å². The molecule has 1 aliphatic rings. The number of nitrogens with zero attached hydrogens (tertiary/aromatic N) is 4. The minimum Gasteiger partial charge on any atom is -0.480 e. The summed E-state index contributed by atoms with van der Waals surface area (Å²) in [5, 5.41) is 11.0. The first kappa shape index (κ1) is 30.5. The Morgan fingerprint density at radius 2 is 1.65 bits per heavy atom. The summed E-state index contributed by atoms with van der Waals surface area (Å²) in [5.74, 6) is -0.899. The monoisotopic (exact) mass is 616 g/mol. The van der Waals surface area contributed by atoms with Gasteiger partial charge in [0.25, 0.3) is 5.91 Å². The van der Waals surface area contributed by atoms with Crippen molar-refractivity contribution in [1.82, 2.24) is 14.9 Å². The Morgan fingerprint density at radius 1 is 0.953 bits per heavy atom. The Morgan fingerprint density at radius 3 is 2.35 bits per heavy atom. The van der Waals surface area contributed by atoms with Gasteiger partial charge in [-0.3, -0.25) is 9.59 Å². The maximum absolute atomic E-state index is 13.9. The lowest BCUT2D eigenvalue weighted by atomic mass is 10.0. The third kappa shape index (κ3) is 7.72. The van der Waals surface area contributed by atoms with Crippen molar-refractivity contribution in [3.8, 4) is 0 Å². The highest BCUT2D eigenvalue weighted by Crippen LogP contribution is 2.35. The Hall–Kier alpha value is -3.94. The molecule has 1 atom stereocenters. The SMILES string of the molecule is Cc1ccccc1CCc1nc(N2CCC[C@@H]2c2ccc(Cl)cc2)ncc1C(=O)N(CCc1ccc(Cl)cc1)CC(=O)O. The van der Waals surface area contributed by atoms with E-state index in [9.17, 15) is 14.7 Å². The quantitative estimate of drug-likeness (QED) is 0.195. The number of carboxylic acid groups (broad SMARTS) is 1. The second-order valence-electron chi connectivity index (χ2n) is 10.9. The number of rotatable bonds is 11. The summed E-state index contributed by atoms with van der Waals surface area (Å²) in [4.78, 5) is 38.9. The Balaban J connectivity index is 1.45. The molecule has 0 radical (unpaired) electrons. The van der Waals surface area contributed by atoms with Crippen LogP contribution in [0.5, 0.6) is 0 Å². The number of halogens is 2. The van der Waals surface area contributed by atoms with E-state index in [1.165, 1.54) is 16.0 Å². The van der Waals surface area contributed by atoms with Crippen molar-refractivity contribution in [2.24, 2.45) is 0 Å². The van der Waals surface area contributed by atoms with E-state index >= 15 is 0 Å². The topological polar surface area (TPSA) is 86.6 Å². The maximum Gasteiger partial charge on any atom is 0.323 e. The molecule has 1 amide bonds. The van der Waals surface area contributed by atoms with Gasteiger partial charge >= 0.3 is 5.97 Å². The number of amides is 1. The fraction of sp³-hybridized carbons (Fsp3) is 0.294. The van der Waals surface area contributed by atoms with E-state index in [2.05, 4.69) is 28.9 Å². The molecular weight excluding hydrogens is 583 g/mol. The van der Waals surface area contributed by atoms with Crippen molar-refractivity contribution in [2.75, 3.05) is 24.5 Å². The van der Waals surface area contributed by atoms with Gasteiger partial charge in [-0.1, -0.05) is 71.7 Å². The fourth-order valence-electron chi connectivity index (χ4n) is 5.60. The fourth-order valence-corrected chi connectivity index (χ4v) is 5.85. The summed E-state index contributed by atoms with van der Waals surface area (Å²) >= 11 is 12.2. The van der Waals surface area contributed by atoms with Crippen molar-refractivity contribution < 1.29 is 14.7 Å². The van der Waals surface area contributed by atoms with Crippen molar-refractivity contribution in [3.05, 3.63) is 123 Å². The van der Waals surface area contributed by atoms with E-state index < -0.39 is 18.4 Å². The largest absolute Gasteiger partial charge is 0.480 e. The molecule has 0 spiro atoms. The number of aliphatic carboxylic acids is 1. The van der Waals surface area contributed by atoms with Crippen LogP contribution in [0.4, 0.5) is 5.95 Å². The first-order valence-corrected chi connectivity index (χ1v) is 15.2. The lowest BCUT2D eigenvalue weighted by Crippen LogP contribution is -2.38. The standard InChI is InChI=1S/C34H34Cl2N4O3/c1-23-5-2-3-6-25(23)12-17-30-29(33(43)39(22-32(41)42)20-18-24-8-13-27(35)14-9-24)21-37-34(38-30)40-19-4-7-31(40)26-10-15-28(36)16-11-26/h2-3,5-6,8-11,13-16,21,31H,4,7,12,17-20,22H2,1H3,(H,41,42)/t31-/m1/s1. The number of aryl methyl sites for hydroxylation is 3. The number of benzene rings is 3. The van der Waals surface area contributed by atoms with Gasteiger partial charge in [0.2, 0.25) is 5.95 Å². The molecule has 9 heteroatoms. The number of carbonyl (C=O) groups excluding carboxylic acids is 1. The number of carbonyl (C=O) groups is 2. The van der Waals surface area contributed by atoms with Crippen LogP contribution in [0.25, 0.3) is 0 Å². The van der Waals surface area contributed by atoms with Crippen LogP contribution in [0.2, 0.25) is 10.0 Å². The molecule has 5 rings (SSSR count). The summed E-state index contributed by atoms with van der Waals surface area (Å²) in [6.45, 7) is 2.68. The molecule has 1 aliphatic heterocycles. The van der Waals surface area contributed by atoms with Crippen LogP contribution < -0.4 is 4.90 Å². The number of anilines is 1. The van der Waals surface area contributed by atoms with Crippen LogP contribution in [-0.2, 0) is 24.1 Å². The van der Waals surface area contributed by atoms with Gasteiger partial charge in [0.15, 0.2) is 0 Å². The van der Waals surface area contributed by atoms with Crippen molar-refractivity contribution in [2.45, 2.75) is 45.1 Å². The Bertz CT molecular complexity index is 1580. The molecule has 0 bridgehead atoms.